The third-order valence-corrected chi connectivity index (χ3v) is 3.14. The summed E-state index contributed by atoms with van der Waals surface area (Å²) < 4.78 is 12.9. The Kier molecular flexibility index (Phi) is 4.27. The van der Waals surface area contributed by atoms with E-state index < -0.39 is 6.10 Å². The predicted molar refractivity (Wildman–Crippen MR) is 70.2 cm³/mol. The molecule has 0 radical (unpaired) electrons. The molecule has 1 aliphatic heterocycles. The maximum atomic E-state index is 12.9. The zero-order valence-electron chi connectivity index (χ0n) is 10.8. The summed E-state index contributed by atoms with van der Waals surface area (Å²) in [5.74, 6) is -0.382. The van der Waals surface area contributed by atoms with E-state index >= 15 is 0 Å². The number of amides is 1. The van der Waals surface area contributed by atoms with Gasteiger partial charge in [0.1, 0.15) is 5.82 Å². The van der Waals surface area contributed by atoms with E-state index in [0.29, 0.717) is 19.3 Å². The third-order valence-electron chi connectivity index (χ3n) is 3.14. The van der Waals surface area contributed by atoms with E-state index in [1.54, 1.807) is 12.1 Å². The molecule has 0 fully saturated rings. The fourth-order valence-corrected chi connectivity index (χ4v) is 1.92. The van der Waals surface area contributed by atoms with Crippen LogP contribution >= 0.6 is 0 Å². The van der Waals surface area contributed by atoms with Crippen LogP contribution in [0, 0.1) is 5.82 Å². The molecule has 1 aromatic rings. The van der Waals surface area contributed by atoms with Gasteiger partial charge in [0, 0.05) is 12.8 Å². The first kappa shape index (κ1) is 13.7. The Morgan fingerprint density at radius 1 is 1.37 bits per heavy atom. The molecule has 1 heterocycles. The second-order valence-electron chi connectivity index (χ2n) is 4.59. The van der Waals surface area contributed by atoms with Gasteiger partial charge in [-0.05, 0) is 24.1 Å². The van der Waals surface area contributed by atoms with Gasteiger partial charge in [-0.3, -0.25) is 4.79 Å². The summed E-state index contributed by atoms with van der Waals surface area (Å²) in [4.78, 5) is 11.7. The Morgan fingerprint density at radius 2 is 2.05 bits per heavy atom. The topological polar surface area (TPSA) is 52.9 Å². The zero-order valence-corrected chi connectivity index (χ0v) is 10.8. The van der Waals surface area contributed by atoms with Crippen LogP contribution in [0.1, 0.15) is 31.7 Å². The lowest BCUT2D eigenvalue weighted by Crippen LogP contribution is -2.37. The van der Waals surface area contributed by atoms with E-state index in [1.165, 1.54) is 17.1 Å². The van der Waals surface area contributed by atoms with Gasteiger partial charge in [0.2, 0.25) is 5.91 Å². The predicted octanol–water partition coefficient (Wildman–Crippen LogP) is 1.92. The van der Waals surface area contributed by atoms with Crippen molar-refractivity contribution in [1.29, 1.82) is 0 Å². The number of halogens is 1. The quantitative estimate of drug-likeness (QED) is 0.903. The van der Waals surface area contributed by atoms with Crippen LogP contribution in [-0.2, 0) is 4.79 Å². The zero-order chi connectivity index (χ0) is 13.8. The summed E-state index contributed by atoms with van der Waals surface area (Å²) in [6, 6.07) is 6.05. The molecule has 1 atom stereocenters. The first-order valence-electron chi connectivity index (χ1n) is 6.42. The van der Waals surface area contributed by atoms with Crippen LogP contribution < -0.4 is 0 Å². The second kappa shape index (κ2) is 5.93. The molecule has 5 heteroatoms. The lowest BCUT2D eigenvalue weighted by molar-refractivity contribution is -0.133. The van der Waals surface area contributed by atoms with Crippen molar-refractivity contribution in [3.63, 3.8) is 0 Å². The van der Waals surface area contributed by atoms with Crippen molar-refractivity contribution in [2.75, 3.05) is 6.54 Å². The van der Waals surface area contributed by atoms with Crippen LogP contribution in [0.5, 0.6) is 0 Å². The lowest BCUT2D eigenvalue weighted by atomic mass is 10.0. The van der Waals surface area contributed by atoms with Crippen LogP contribution in [0.25, 0.3) is 0 Å². The molecular weight excluding hydrogens is 247 g/mol. The van der Waals surface area contributed by atoms with E-state index in [2.05, 4.69) is 5.10 Å². The van der Waals surface area contributed by atoms with Crippen LogP contribution in [0.2, 0.25) is 0 Å². The average Bonchev–Trinajstić information content (AvgIpc) is 2.42. The van der Waals surface area contributed by atoms with E-state index in [-0.39, 0.29) is 18.3 Å². The molecule has 2 rings (SSSR count). The Morgan fingerprint density at radius 3 is 2.68 bits per heavy atom. The first-order valence-corrected chi connectivity index (χ1v) is 6.42. The molecule has 1 aromatic carbocycles. The first-order chi connectivity index (χ1) is 9.10. The van der Waals surface area contributed by atoms with Crippen LogP contribution in [0.4, 0.5) is 4.39 Å². The summed E-state index contributed by atoms with van der Waals surface area (Å²) in [7, 11) is 0. The van der Waals surface area contributed by atoms with Gasteiger partial charge in [0.25, 0.3) is 0 Å². The monoisotopic (exact) mass is 264 g/mol. The molecule has 0 bridgehead atoms. The van der Waals surface area contributed by atoms with Crippen molar-refractivity contribution in [1.82, 2.24) is 5.01 Å². The average molecular weight is 264 g/mol. The lowest BCUT2D eigenvalue weighted by Gasteiger charge is -2.25. The standard InChI is InChI=1S/C14H17FN2O2/c1-2-12(18)9-17-14(19)8-7-13(16-17)10-3-5-11(15)6-4-10/h3-6,12,18H,2,7-9H2,1H3. The summed E-state index contributed by atoms with van der Waals surface area (Å²) >= 11 is 0. The molecule has 0 aliphatic carbocycles. The van der Waals surface area contributed by atoms with Gasteiger partial charge in [-0.2, -0.15) is 5.10 Å². The Bertz CT molecular complexity index is 485. The minimum absolute atomic E-state index is 0.0849. The number of rotatable bonds is 4. The van der Waals surface area contributed by atoms with Crippen LogP contribution in [0.15, 0.2) is 29.4 Å². The highest BCUT2D eigenvalue weighted by molar-refractivity contribution is 6.04. The van der Waals surface area contributed by atoms with Gasteiger partial charge in [0.15, 0.2) is 0 Å². The number of β-amino-alcohol motifs (C(OH)–C–C–N with tert-alkyl or cyclic N) is 1. The summed E-state index contributed by atoms with van der Waals surface area (Å²) in [6.07, 6.45) is 0.918. The number of carbonyl (C=O) groups excluding carboxylic acids is 1. The number of nitrogens with zero attached hydrogens (tertiary/aromatic N) is 2. The van der Waals surface area contributed by atoms with Gasteiger partial charge < -0.3 is 5.11 Å². The maximum Gasteiger partial charge on any atom is 0.243 e. The maximum absolute atomic E-state index is 12.9. The van der Waals surface area contributed by atoms with Crippen molar-refractivity contribution in [3.05, 3.63) is 35.6 Å². The van der Waals surface area contributed by atoms with Gasteiger partial charge in [0.05, 0.1) is 18.4 Å². The highest BCUT2D eigenvalue weighted by Gasteiger charge is 2.22. The van der Waals surface area contributed by atoms with Crippen molar-refractivity contribution < 1.29 is 14.3 Å². The molecule has 1 amide bonds. The number of benzene rings is 1. The smallest absolute Gasteiger partial charge is 0.243 e. The molecule has 1 N–H and O–H groups in total. The minimum atomic E-state index is -0.569. The Labute approximate surface area is 111 Å². The highest BCUT2D eigenvalue weighted by atomic mass is 19.1. The van der Waals surface area contributed by atoms with Crippen LogP contribution in [-0.4, -0.2) is 34.4 Å². The number of carbonyl (C=O) groups is 1. The van der Waals surface area contributed by atoms with E-state index in [1.807, 2.05) is 6.92 Å². The van der Waals surface area contributed by atoms with Crippen LogP contribution in [0.3, 0.4) is 0 Å². The molecule has 1 aliphatic rings. The molecule has 19 heavy (non-hydrogen) atoms. The molecule has 0 saturated carbocycles. The molecule has 0 aromatic heterocycles. The number of hydrazone groups is 1. The van der Waals surface area contributed by atoms with Crippen molar-refractivity contribution in [2.45, 2.75) is 32.3 Å². The van der Waals surface area contributed by atoms with E-state index in [4.69, 9.17) is 0 Å². The molecule has 102 valence electrons. The summed E-state index contributed by atoms with van der Waals surface area (Å²) in [5.41, 5.74) is 1.56. The number of aliphatic hydroxyl groups excluding tert-OH is 1. The molecule has 4 nitrogen and oxygen atoms in total. The van der Waals surface area contributed by atoms with E-state index in [9.17, 15) is 14.3 Å². The van der Waals surface area contributed by atoms with Crippen molar-refractivity contribution >= 4 is 11.6 Å². The Hall–Kier alpha value is -1.75. The fourth-order valence-electron chi connectivity index (χ4n) is 1.92. The van der Waals surface area contributed by atoms with Crippen molar-refractivity contribution in [3.8, 4) is 0 Å². The normalized spacial score (nSPS) is 17.3. The van der Waals surface area contributed by atoms with Gasteiger partial charge >= 0.3 is 0 Å². The highest BCUT2D eigenvalue weighted by Crippen LogP contribution is 2.16. The number of hydrogen-bond donors (Lipinski definition) is 1. The Balaban J connectivity index is 2.18. The summed E-state index contributed by atoms with van der Waals surface area (Å²) in [5, 5.41) is 15.2. The SMILES string of the molecule is CCC(O)CN1N=C(c2ccc(F)cc2)CCC1=O. The van der Waals surface area contributed by atoms with Crippen molar-refractivity contribution in [2.24, 2.45) is 5.10 Å². The number of hydrogen-bond acceptors (Lipinski definition) is 3. The molecular formula is C14H17FN2O2. The fraction of sp³-hybridized carbons (Fsp3) is 0.429. The second-order valence-corrected chi connectivity index (χ2v) is 4.59. The largest absolute Gasteiger partial charge is 0.391 e. The van der Waals surface area contributed by atoms with Gasteiger partial charge in [-0.1, -0.05) is 19.1 Å². The third kappa shape index (κ3) is 3.38. The number of aliphatic hydroxyl groups is 1. The minimum Gasteiger partial charge on any atom is -0.391 e. The van der Waals surface area contributed by atoms with Gasteiger partial charge in [-0.15, -0.1) is 0 Å². The molecule has 0 spiro atoms. The molecule has 0 saturated heterocycles. The molecule has 1 unspecified atom stereocenters. The summed E-state index contributed by atoms with van der Waals surface area (Å²) in [6.45, 7) is 2.06. The van der Waals surface area contributed by atoms with Gasteiger partial charge in [-0.25, -0.2) is 9.40 Å². The van der Waals surface area contributed by atoms with E-state index in [0.717, 1.165) is 11.3 Å².